The number of hydrogen-bond acceptors (Lipinski definition) is 9. The van der Waals surface area contributed by atoms with Crippen LogP contribution >= 0.6 is 0 Å². The third-order valence-electron chi connectivity index (χ3n) is 6.80. The van der Waals surface area contributed by atoms with Gasteiger partial charge in [0.05, 0.1) is 18.3 Å². The molecule has 2 aromatic carbocycles. The third kappa shape index (κ3) is 7.80. The van der Waals surface area contributed by atoms with Crippen molar-refractivity contribution in [2.75, 3.05) is 19.9 Å². The number of hydrogen-bond donors (Lipinski definition) is 5. The van der Waals surface area contributed by atoms with E-state index in [9.17, 15) is 24.6 Å². The van der Waals surface area contributed by atoms with E-state index < -0.39 is 48.2 Å². The summed E-state index contributed by atoms with van der Waals surface area (Å²) in [5.41, 5.74) is 2.20. The van der Waals surface area contributed by atoms with Gasteiger partial charge in [-0.25, -0.2) is 4.79 Å². The zero-order valence-electron chi connectivity index (χ0n) is 22.6. The number of fused-ring (bicyclic) bond motifs is 1. The SMILES string of the molecule is CC(O)C(NC(=O)C1=CC2OCOC2C(OC(=O)c2ccc(C=CCc3ccccc3O)cc2)C1)C(=O)NCCO. The summed E-state index contributed by atoms with van der Waals surface area (Å²) in [6.07, 6.45) is 2.68. The van der Waals surface area contributed by atoms with Gasteiger partial charge in [0.2, 0.25) is 11.8 Å². The van der Waals surface area contributed by atoms with Crippen LogP contribution in [0.2, 0.25) is 0 Å². The first kappa shape index (κ1) is 29.9. The summed E-state index contributed by atoms with van der Waals surface area (Å²) in [5, 5.41) is 33.8. The summed E-state index contributed by atoms with van der Waals surface area (Å²) in [7, 11) is 0. The highest BCUT2D eigenvalue weighted by molar-refractivity contribution is 5.97. The molecule has 11 heteroatoms. The molecule has 2 amide bonds. The van der Waals surface area contributed by atoms with Crippen LogP contribution < -0.4 is 10.6 Å². The Morgan fingerprint density at radius 3 is 2.59 bits per heavy atom. The van der Waals surface area contributed by atoms with Crippen molar-refractivity contribution in [3.05, 3.63) is 82.9 Å². The first-order valence-electron chi connectivity index (χ1n) is 13.3. The number of amides is 2. The molecule has 1 aliphatic heterocycles. The lowest BCUT2D eigenvalue weighted by Gasteiger charge is -2.31. The second kappa shape index (κ2) is 14.0. The molecule has 1 saturated heterocycles. The van der Waals surface area contributed by atoms with E-state index in [1.807, 2.05) is 24.3 Å². The standard InChI is InChI=1S/C30H34N2O9/c1-18(34)26(29(37)31-13-14-33)32-28(36)22-15-24-27(40-17-39-24)25(16-22)41-30(38)21-11-9-19(10-12-21)5-4-7-20-6-2-3-8-23(20)35/h2-6,8-12,15,18,24-27,33-35H,7,13-14,16-17H2,1H3,(H,31,37)(H,32,36). The Bertz CT molecular complexity index is 1290. The van der Waals surface area contributed by atoms with Gasteiger partial charge >= 0.3 is 5.97 Å². The van der Waals surface area contributed by atoms with Crippen molar-refractivity contribution >= 4 is 23.9 Å². The molecular weight excluding hydrogens is 532 g/mol. The van der Waals surface area contributed by atoms with Crippen molar-refractivity contribution < 1.29 is 43.9 Å². The molecule has 4 rings (SSSR count). The lowest BCUT2D eigenvalue weighted by molar-refractivity contribution is -0.130. The minimum absolute atomic E-state index is 0.0139. The molecule has 0 spiro atoms. The normalized spacial score (nSPS) is 21.4. The van der Waals surface area contributed by atoms with Crippen molar-refractivity contribution in [1.82, 2.24) is 10.6 Å². The first-order valence-corrected chi connectivity index (χ1v) is 13.3. The Balaban J connectivity index is 1.38. The fourth-order valence-electron chi connectivity index (χ4n) is 4.59. The number of rotatable bonds is 11. The average molecular weight is 567 g/mol. The molecule has 0 saturated carbocycles. The maximum Gasteiger partial charge on any atom is 0.338 e. The van der Waals surface area contributed by atoms with Gasteiger partial charge in [0.25, 0.3) is 0 Å². The number of benzene rings is 2. The van der Waals surface area contributed by atoms with Gasteiger partial charge in [-0.3, -0.25) is 9.59 Å². The second-order valence-corrected chi connectivity index (χ2v) is 9.78. The van der Waals surface area contributed by atoms with Gasteiger partial charge in [0.1, 0.15) is 36.9 Å². The smallest absolute Gasteiger partial charge is 0.338 e. The summed E-state index contributed by atoms with van der Waals surface area (Å²) in [6.45, 7) is 1.02. The lowest BCUT2D eigenvalue weighted by atomic mass is 9.91. The maximum absolute atomic E-state index is 13.0. The van der Waals surface area contributed by atoms with Crippen molar-refractivity contribution in [3.63, 3.8) is 0 Å². The van der Waals surface area contributed by atoms with Crippen LogP contribution in [0.15, 0.2) is 66.3 Å². The predicted molar refractivity (Wildman–Crippen MR) is 148 cm³/mol. The van der Waals surface area contributed by atoms with Crippen molar-refractivity contribution in [3.8, 4) is 5.75 Å². The minimum atomic E-state index is -1.25. The van der Waals surface area contributed by atoms with Crippen LogP contribution in [0.25, 0.3) is 6.08 Å². The van der Waals surface area contributed by atoms with Crippen LogP contribution in [0.4, 0.5) is 0 Å². The molecule has 0 aromatic heterocycles. The monoisotopic (exact) mass is 566 g/mol. The van der Waals surface area contributed by atoms with Gasteiger partial charge in [0.15, 0.2) is 0 Å². The Kier molecular flexibility index (Phi) is 10.3. The molecule has 41 heavy (non-hydrogen) atoms. The van der Waals surface area contributed by atoms with Crippen LogP contribution in [0, 0.1) is 0 Å². The van der Waals surface area contributed by atoms with Gasteiger partial charge in [0, 0.05) is 18.5 Å². The summed E-state index contributed by atoms with van der Waals surface area (Å²) >= 11 is 0. The third-order valence-corrected chi connectivity index (χ3v) is 6.80. The molecule has 5 atom stereocenters. The number of nitrogens with one attached hydrogen (secondary N) is 2. The zero-order valence-corrected chi connectivity index (χ0v) is 22.6. The summed E-state index contributed by atoms with van der Waals surface area (Å²) in [5.74, 6) is -1.62. The van der Waals surface area contributed by atoms with E-state index in [2.05, 4.69) is 10.6 Å². The quantitative estimate of drug-likeness (QED) is 0.252. The van der Waals surface area contributed by atoms with E-state index in [0.717, 1.165) is 11.1 Å². The molecule has 5 unspecified atom stereocenters. The number of allylic oxidation sites excluding steroid dienone is 1. The summed E-state index contributed by atoms with van der Waals surface area (Å²) < 4.78 is 16.9. The number of phenols is 1. The van der Waals surface area contributed by atoms with Crippen molar-refractivity contribution in [1.29, 1.82) is 0 Å². The van der Waals surface area contributed by atoms with E-state index in [0.29, 0.717) is 12.0 Å². The van der Waals surface area contributed by atoms with E-state index in [1.165, 1.54) is 6.92 Å². The number of ether oxygens (including phenoxy) is 3. The number of carbonyl (C=O) groups is 3. The molecular formula is C30H34N2O9. The summed E-state index contributed by atoms with van der Waals surface area (Å²) in [4.78, 5) is 38.4. The Morgan fingerprint density at radius 1 is 1.12 bits per heavy atom. The minimum Gasteiger partial charge on any atom is -0.508 e. The van der Waals surface area contributed by atoms with E-state index >= 15 is 0 Å². The number of aliphatic hydroxyl groups is 2. The van der Waals surface area contributed by atoms with Gasteiger partial charge in [-0.15, -0.1) is 0 Å². The Hall–Kier alpha value is -4.03. The summed E-state index contributed by atoms with van der Waals surface area (Å²) in [6, 6.07) is 12.7. The number of para-hydroxylation sites is 1. The molecule has 1 aliphatic carbocycles. The van der Waals surface area contributed by atoms with E-state index in [4.69, 9.17) is 19.3 Å². The molecule has 5 N–H and O–H groups in total. The molecule has 0 radical (unpaired) electrons. The number of carbonyl (C=O) groups excluding carboxylic acids is 3. The highest BCUT2D eigenvalue weighted by Gasteiger charge is 2.43. The van der Waals surface area contributed by atoms with Crippen LogP contribution in [0.3, 0.4) is 0 Å². The molecule has 1 heterocycles. The number of phenolic OH excluding ortho intramolecular Hbond substituents is 1. The fraction of sp³-hybridized carbons (Fsp3) is 0.367. The number of aliphatic hydroxyl groups excluding tert-OH is 2. The van der Waals surface area contributed by atoms with Crippen LogP contribution in [-0.2, 0) is 30.2 Å². The molecule has 218 valence electrons. The number of aromatic hydroxyl groups is 1. The number of esters is 1. The van der Waals surface area contributed by atoms with Crippen molar-refractivity contribution in [2.45, 2.75) is 50.2 Å². The Labute approximate surface area is 237 Å². The highest BCUT2D eigenvalue weighted by Crippen LogP contribution is 2.31. The Morgan fingerprint density at radius 2 is 1.88 bits per heavy atom. The van der Waals surface area contributed by atoms with Crippen LogP contribution in [0.5, 0.6) is 5.75 Å². The first-order chi connectivity index (χ1) is 19.8. The molecule has 2 aliphatic rings. The van der Waals surface area contributed by atoms with Crippen LogP contribution in [-0.4, -0.2) is 83.5 Å². The van der Waals surface area contributed by atoms with Gasteiger partial charge in [-0.2, -0.15) is 0 Å². The largest absolute Gasteiger partial charge is 0.508 e. The molecule has 1 fully saturated rings. The van der Waals surface area contributed by atoms with E-state index in [-0.39, 0.29) is 37.7 Å². The zero-order chi connectivity index (χ0) is 29.4. The predicted octanol–water partition coefficient (Wildman–Crippen LogP) is 1.22. The van der Waals surface area contributed by atoms with Gasteiger partial charge in [-0.1, -0.05) is 42.5 Å². The molecule has 11 nitrogen and oxygen atoms in total. The van der Waals surface area contributed by atoms with Crippen LogP contribution in [0.1, 0.15) is 34.8 Å². The van der Waals surface area contributed by atoms with Crippen molar-refractivity contribution in [2.24, 2.45) is 0 Å². The molecule has 2 aromatic rings. The topological polar surface area (TPSA) is 164 Å². The van der Waals surface area contributed by atoms with Gasteiger partial charge < -0.3 is 40.2 Å². The lowest BCUT2D eigenvalue weighted by Crippen LogP contribution is -2.54. The fourth-order valence-corrected chi connectivity index (χ4v) is 4.59. The van der Waals surface area contributed by atoms with E-state index in [1.54, 1.807) is 42.5 Å². The highest BCUT2D eigenvalue weighted by atomic mass is 16.7. The average Bonchev–Trinajstić information content (AvgIpc) is 3.45. The second-order valence-electron chi connectivity index (χ2n) is 9.78. The maximum atomic E-state index is 13.0. The van der Waals surface area contributed by atoms with Gasteiger partial charge in [-0.05, 0) is 48.7 Å². The molecule has 0 bridgehead atoms.